The number of aromatic nitrogens is 8. The van der Waals surface area contributed by atoms with Crippen molar-refractivity contribution in [3.8, 4) is 34.2 Å². The van der Waals surface area contributed by atoms with Crippen molar-refractivity contribution in [2.45, 2.75) is 19.3 Å². The van der Waals surface area contributed by atoms with Gasteiger partial charge in [-0.1, -0.05) is 6.07 Å². The van der Waals surface area contributed by atoms with Gasteiger partial charge in [0.15, 0.2) is 11.5 Å². The first kappa shape index (κ1) is 24.0. The van der Waals surface area contributed by atoms with Crippen LogP contribution in [0.25, 0.3) is 56.2 Å². The van der Waals surface area contributed by atoms with Crippen molar-refractivity contribution < 1.29 is 4.79 Å². The smallest absolute Gasteiger partial charge is 0.224 e. The summed E-state index contributed by atoms with van der Waals surface area (Å²) in [5, 5.41) is 13.9. The molecule has 1 aliphatic rings. The van der Waals surface area contributed by atoms with Crippen molar-refractivity contribution in [1.29, 1.82) is 0 Å². The van der Waals surface area contributed by atoms with E-state index in [0.29, 0.717) is 52.0 Å². The highest BCUT2D eigenvalue weighted by molar-refractivity contribution is 5.95. The normalized spacial score (nSPS) is 14.1. The summed E-state index contributed by atoms with van der Waals surface area (Å²) in [6.07, 6.45) is 9.43. The van der Waals surface area contributed by atoms with Crippen molar-refractivity contribution in [1.82, 2.24) is 45.4 Å². The lowest BCUT2D eigenvalue weighted by Crippen LogP contribution is -2.30. The Kier molecular flexibility index (Phi) is 6.17. The molecule has 4 N–H and O–H groups in total. The summed E-state index contributed by atoms with van der Waals surface area (Å²) in [6, 6.07) is 13.3. The van der Waals surface area contributed by atoms with Crippen LogP contribution < -0.4 is 10.6 Å². The second kappa shape index (κ2) is 10.3. The predicted octanol–water partition coefficient (Wildman–Crippen LogP) is 4.35. The van der Waals surface area contributed by atoms with E-state index in [0.717, 1.165) is 48.2 Å². The third-order valence-electron chi connectivity index (χ3n) is 7.19. The van der Waals surface area contributed by atoms with Crippen molar-refractivity contribution in [2.75, 3.05) is 18.4 Å². The van der Waals surface area contributed by atoms with E-state index in [2.05, 4.69) is 40.8 Å². The number of hydrogen-bond donors (Lipinski definition) is 4. The van der Waals surface area contributed by atoms with Crippen LogP contribution in [-0.4, -0.2) is 59.1 Å². The number of carbonyl (C=O) groups excluding carboxylic acids is 1. The van der Waals surface area contributed by atoms with Gasteiger partial charge in [-0.2, -0.15) is 5.10 Å². The molecule has 0 bridgehead atoms. The summed E-state index contributed by atoms with van der Waals surface area (Å²) in [7, 11) is 0. The zero-order valence-electron chi connectivity index (χ0n) is 21.6. The van der Waals surface area contributed by atoms with Gasteiger partial charge in [-0.25, -0.2) is 9.97 Å². The monoisotopic (exact) mass is 530 g/mol. The lowest BCUT2D eigenvalue weighted by atomic mass is 9.94. The van der Waals surface area contributed by atoms with Gasteiger partial charge in [0, 0.05) is 30.6 Å². The van der Waals surface area contributed by atoms with Gasteiger partial charge in [-0.05, 0) is 68.2 Å². The molecule has 6 aromatic heterocycles. The maximum Gasteiger partial charge on any atom is 0.224 e. The second-order valence-corrected chi connectivity index (χ2v) is 9.93. The third-order valence-corrected chi connectivity index (χ3v) is 7.19. The number of fused-ring (bicyclic) bond motifs is 2. The van der Waals surface area contributed by atoms with E-state index in [1.807, 2.05) is 42.5 Å². The fourth-order valence-electron chi connectivity index (χ4n) is 5.17. The summed E-state index contributed by atoms with van der Waals surface area (Å²) in [4.78, 5) is 39.1. The Balaban J connectivity index is 1.19. The number of pyridine rings is 4. The summed E-state index contributed by atoms with van der Waals surface area (Å²) in [5.41, 5.74) is 7.18. The minimum absolute atomic E-state index is 0.0100. The zero-order valence-corrected chi connectivity index (χ0v) is 21.6. The second-order valence-electron chi connectivity index (χ2n) is 9.93. The van der Waals surface area contributed by atoms with E-state index in [1.54, 1.807) is 24.8 Å². The molecular weight excluding hydrogens is 504 g/mol. The first-order chi connectivity index (χ1) is 19.7. The number of H-pyrrole nitrogens is 2. The predicted molar refractivity (Wildman–Crippen MR) is 152 cm³/mol. The number of hydrogen-bond acceptors (Lipinski definition) is 8. The summed E-state index contributed by atoms with van der Waals surface area (Å²) >= 11 is 0. The Hall–Kier alpha value is -5.03. The molecule has 0 aliphatic carbocycles. The lowest BCUT2D eigenvalue weighted by Gasteiger charge is -2.21. The molecule has 1 aliphatic heterocycles. The summed E-state index contributed by atoms with van der Waals surface area (Å²) in [5.74, 6) is 0.999. The average molecular weight is 531 g/mol. The minimum Gasteiger partial charge on any atom is -0.336 e. The SMILES string of the molecule is O=C(CC1CCNCC1)Nc1cncc(-c2ccc3[nH]nc(-c4nc5c(-c6ccccn6)nccc5[nH]4)c3n2)c1. The number of imidazole rings is 1. The number of aromatic amines is 2. The largest absolute Gasteiger partial charge is 0.336 e. The van der Waals surface area contributed by atoms with Crippen molar-refractivity contribution >= 4 is 33.7 Å². The maximum atomic E-state index is 12.7. The first-order valence-corrected chi connectivity index (χ1v) is 13.3. The van der Waals surface area contributed by atoms with Gasteiger partial charge >= 0.3 is 0 Å². The van der Waals surface area contributed by atoms with Crippen LogP contribution in [-0.2, 0) is 4.79 Å². The van der Waals surface area contributed by atoms with Crippen molar-refractivity contribution in [3.63, 3.8) is 0 Å². The third kappa shape index (κ3) is 4.67. The Morgan fingerprint density at radius 1 is 0.900 bits per heavy atom. The quantitative estimate of drug-likeness (QED) is 0.248. The topological polar surface area (TPSA) is 150 Å². The van der Waals surface area contributed by atoms with Gasteiger partial charge in [-0.15, -0.1) is 0 Å². The average Bonchev–Trinajstić information content (AvgIpc) is 3.62. The molecule has 0 saturated carbocycles. The van der Waals surface area contributed by atoms with Crippen LogP contribution in [0, 0.1) is 5.92 Å². The number of rotatable bonds is 6. The van der Waals surface area contributed by atoms with Gasteiger partial charge < -0.3 is 15.6 Å². The molecule has 1 saturated heterocycles. The number of carbonyl (C=O) groups is 1. The van der Waals surface area contributed by atoms with Crippen LogP contribution in [0.2, 0.25) is 0 Å². The molecule has 40 heavy (non-hydrogen) atoms. The fraction of sp³-hybridized carbons (Fsp3) is 0.207. The number of nitrogens with zero attached hydrogens (tertiary/aromatic N) is 6. The first-order valence-electron chi connectivity index (χ1n) is 13.3. The highest BCUT2D eigenvalue weighted by Gasteiger charge is 2.19. The van der Waals surface area contributed by atoms with E-state index in [4.69, 9.17) is 9.97 Å². The molecule has 198 valence electrons. The number of piperidine rings is 1. The highest BCUT2D eigenvalue weighted by atomic mass is 16.1. The van der Waals surface area contributed by atoms with Crippen LogP contribution >= 0.6 is 0 Å². The molecule has 1 amide bonds. The molecule has 7 heterocycles. The summed E-state index contributed by atoms with van der Waals surface area (Å²) < 4.78 is 0. The Labute approximate surface area is 228 Å². The Morgan fingerprint density at radius 3 is 2.67 bits per heavy atom. The van der Waals surface area contributed by atoms with Gasteiger partial charge in [0.25, 0.3) is 0 Å². The molecule has 0 aromatic carbocycles. The van der Waals surface area contributed by atoms with Crippen LogP contribution in [0.1, 0.15) is 19.3 Å². The minimum atomic E-state index is 0.0100. The van der Waals surface area contributed by atoms with Gasteiger partial charge in [0.2, 0.25) is 5.91 Å². The zero-order chi connectivity index (χ0) is 26.9. The molecule has 0 unspecified atom stereocenters. The molecular formula is C29H26N10O. The Bertz CT molecular complexity index is 1820. The van der Waals surface area contributed by atoms with Gasteiger partial charge in [-0.3, -0.25) is 24.8 Å². The fourth-order valence-corrected chi connectivity index (χ4v) is 5.17. The molecule has 11 heteroatoms. The van der Waals surface area contributed by atoms with Crippen molar-refractivity contribution in [2.24, 2.45) is 5.92 Å². The molecule has 7 rings (SSSR count). The van der Waals surface area contributed by atoms with E-state index < -0.39 is 0 Å². The summed E-state index contributed by atoms with van der Waals surface area (Å²) in [6.45, 7) is 1.94. The van der Waals surface area contributed by atoms with E-state index in [1.165, 1.54) is 0 Å². The number of anilines is 1. The molecule has 1 fully saturated rings. The van der Waals surface area contributed by atoms with Crippen molar-refractivity contribution in [3.05, 3.63) is 67.3 Å². The molecule has 11 nitrogen and oxygen atoms in total. The lowest BCUT2D eigenvalue weighted by molar-refractivity contribution is -0.117. The molecule has 0 radical (unpaired) electrons. The molecule has 0 atom stereocenters. The van der Waals surface area contributed by atoms with Crippen LogP contribution in [0.3, 0.4) is 0 Å². The van der Waals surface area contributed by atoms with Crippen LogP contribution in [0.5, 0.6) is 0 Å². The standard InChI is InChI=1S/C29H26N10O/c40-24(13-17-6-10-30-11-7-17)34-19-14-18(15-31-16-19)20-4-5-23-27(35-20)28(39-38-23)29-36-22-8-12-33-25(26(22)37-29)21-3-1-2-9-32-21/h1-5,8-9,12,14-17,30H,6-7,10-11,13H2,(H,34,40)(H,36,37)(H,38,39). The van der Waals surface area contributed by atoms with Gasteiger partial charge in [0.1, 0.15) is 16.7 Å². The number of amides is 1. The molecule has 0 spiro atoms. The maximum absolute atomic E-state index is 12.7. The van der Waals surface area contributed by atoms with E-state index in [9.17, 15) is 4.79 Å². The number of nitrogens with one attached hydrogen (secondary N) is 4. The van der Waals surface area contributed by atoms with Gasteiger partial charge in [0.05, 0.1) is 34.3 Å². The van der Waals surface area contributed by atoms with Crippen LogP contribution in [0.15, 0.2) is 67.3 Å². The highest BCUT2D eigenvalue weighted by Crippen LogP contribution is 2.30. The van der Waals surface area contributed by atoms with E-state index >= 15 is 0 Å². The van der Waals surface area contributed by atoms with E-state index in [-0.39, 0.29) is 5.91 Å². The Morgan fingerprint density at radius 2 is 1.80 bits per heavy atom. The molecule has 6 aromatic rings. The van der Waals surface area contributed by atoms with Crippen LogP contribution in [0.4, 0.5) is 5.69 Å².